The van der Waals surface area contributed by atoms with Gasteiger partial charge in [0.15, 0.2) is 0 Å². The number of piperidine rings is 1. The summed E-state index contributed by atoms with van der Waals surface area (Å²) in [7, 11) is 2.22. The molecular weight excluding hydrogens is 186 g/mol. The fourth-order valence-electron chi connectivity index (χ4n) is 2.27. The molecule has 1 aliphatic heterocycles. The monoisotopic (exact) mass is 213 g/mol. The third kappa shape index (κ3) is 2.94. The molecule has 1 heterocycles. The zero-order chi connectivity index (χ0) is 11.5. The van der Waals surface area contributed by atoms with Crippen LogP contribution in [0.4, 0.5) is 0 Å². The maximum atomic E-state index is 5.99. The molecule has 1 saturated heterocycles. The van der Waals surface area contributed by atoms with Gasteiger partial charge < -0.3 is 9.64 Å². The number of hydrogen-bond donors (Lipinski definition) is 0. The van der Waals surface area contributed by atoms with E-state index in [1.165, 1.54) is 19.3 Å². The van der Waals surface area contributed by atoms with E-state index in [1.54, 1.807) is 0 Å². The summed E-state index contributed by atoms with van der Waals surface area (Å²) in [5.41, 5.74) is 0.273. The first-order valence-corrected chi connectivity index (χ1v) is 6.33. The van der Waals surface area contributed by atoms with Crippen molar-refractivity contribution in [2.45, 2.75) is 58.6 Å². The molecule has 2 nitrogen and oxygen atoms in total. The van der Waals surface area contributed by atoms with E-state index in [-0.39, 0.29) is 5.54 Å². The van der Waals surface area contributed by atoms with E-state index < -0.39 is 0 Å². The van der Waals surface area contributed by atoms with Crippen molar-refractivity contribution < 1.29 is 4.74 Å². The molecule has 0 aromatic heterocycles. The lowest BCUT2D eigenvalue weighted by atomic mass is 9.79. The van der Waals surface area contributed by atoms with Crippen LogP contribution in [0.1, 0.15) is 47.0 Å². The summed E-state index contributed by atoms with van der Waals surface area (Å²) in [5.74, 6) is 0.619. The average Bonchev–Trinajstić information content (AvgIpc) is 2.19. The predicted octanol–water partition coefficient (Wildman–Crippen LogP) is 2.92. The van der Waals surface area contributed by atoms with Crippen molar-refractivity contribution in [3.05, 3.63) is 0 Å². The maximum absolute atomic E-state index is 5.99. The minimum absolute atomic E-state index is 0.273. The van der Waals surface area contributed by atoms with E-state index in [0.717, 1.165) is 13.2 Å². The van der Waals surface area contributed by atoms with Gasteiger partial charge in [0.1, 0.15) is 0 Å². The van der Waals surface area contributed by atoms with Gasteiger partial charge in [-0.1, -0.05) is 20.3 Å². The van der Waals surface area contributed by atoms with E-state index >= 15 is 0 Å². The predicted molar refractivity (Wildman–Crippen MR) is 65.1 cm³/mol. The molecule has 0 amide bonds. The Bertz CT molecular complexity index is 191. The van der Waals surface area contributed by atoms with Crippen molar-refractivity contribution in [2.75, 3.05) is 20.2 Å². The second-order valence-electron chi connectivity index (χ2n) is 5.42. The van der Waals surface area contributed by atoms with Gasteiger partial charge in [0.2, 0.25) is 0 Å². The van der Waals surface area contributed by atoms with Crippen LogP contribution in [-0.4, -0.2) is 36.7 Å². The van der Waals surface area contributed by atoms with Gasteiger partial charge in [-0.15, -0.1) is 0 Å². The Morgan fingerprint density at radius 1 is 1.40 bits per heavy atom. The molecular formula is C13H27NO. The van der Waals surface area contributed by atoms with Gasteiger partial charge in [-0.2, -0.15) is 0 Å². The second kappa shape index (κ2) is 5.31. The topological polar surface area (TPSA) is 12.5 Å². The van der Waals surface area contributed by atoms with Crippen LogP contribution in [0.3, 0.4) is 0 Å². The van der Waals surface area contributed by atoms with Crippen molar-refractivity contribution in [2.24, 2.45) is 5.92 Å². The van der Waals surface area contributed by atoms with Gasteiger partial charge >= 0.3 is 0 Å². The fourth-order valence-corrected chi connectivity index (χ4v) is 2.27. The first-order chi connectivity index (χ1) is 7.00. The van der Waals surface area contributed by atoms with Crippen molar-refractivity contribution in [3.63, 3.8) is 0 Å². The van der Waals surface area contributed by atoms with Crippen molar-refractivity contribution in [1.29, 1.82) is 0 Å². The third-order valence-electron chi connectivity index (χ3n) is 4.23. The Morgan fingerprint density at radius 2 is 2.07 bits per heavy atom. The molecule has 15 heavy (non-hydrogen) atoms. The molecule has 0 radical (unpaired) electrons. The number of ether oxygens (including phenoxy) is 1. The van der Waals surface area contributed by atoms with Gasteiger partial charge in [0.25, 0.3) is 0 Å². The third-order valence-corrected chi connectivity index (χ3v) is 4.23. The summed E-state index contributed by atoms with van der Waals surface area (Å²) in [6.45, 7) is 11.3. The first kappa shape index (κ1) is 13.0. The Labute approximate surface area is 95.0 Å². The fraction of sp³-hybridized carbons (Fsp3) is 1.00. The highest BCUT2D eigenvalue weighted by atomic mass is 16.5. The SMILES string of the molecule is CCCCOC1CCN(C)C(C)(C)C1C. The van der Waals surface area contributed by atoms with Gasteiger partial charge in [-0.25, -0.2) is 0 Å². The molecule has 0 aromatic rings. The Morgan fingerprint density at radius 3 is 2.67 bits per heavy atom. The summed E-state index contributed by atoms with van der Waals surface area (Å²) in [4.78, 5) is 2.46. The Kier molecular flexibility index (Phi) is 4.60. The summed E-state index contributed by atoms with van der Waals surface area (Å²) >= 11 is 0. The highest BCUT2D eigenvalue weighted by Gasteiger charge is 2.39. The quantitative estimate of drug-likeness (QED) is 0.666. The first-order valence-electron chi connectivity index (χ1n) is 6.33. The minimum Gasteiger partial charge on any atom is -0.378 e. The highest BCUT2D eigenvalue weighted by Crippen LogP contribution is 2.33. The summed E-state index contributed by atoms with van der Waals surface area (Å²) in [6.07, 6.45) is 4.07. The van der Waals surface area contributed by atoms with Crippen LogP contribution in [0, 0.1) is 5.92 Å². The molecule has 0 spiro atoms. The Balaban J connectivity index is 2.46. The molecule has 0 N–H and O–H groups in total. The van der Waals surface area contributed by atoms with E-state index in [0.29, 0.717) is 12.0 Å². The number of rotatable bonds is 4. The van der Waals surface area contributed by atoms with Gasteiger partial charge in [0.05, 0.1) is 6.10 Å². The Hall–Kier alpha value is -0.0800. The van der Waals surface area contributed by atoms with Crippen LogP contribution in [0.5, 0.6) is 0 Å². The van der Waals surface area contributed by atoms with Crippen LogP contribution in [0.25, 0.3) is 0 Å². The lowest BCUT2D eigenvalue weighted by Gasteiger charge is -2.48. The smallest absolute Gasteiger partial charge is 0.0630 e. The van der Waals surface area contributed by atoms with Crippen molar-refractivity contribution >= 4 is 0 Å². The molecule has 1 fully saturated rings. The molecule has 0 aliphatic carbocycles. The minimum atomic E-state index is 0.273. The second-order valence-corrected chi connectivity index (χ2v) is 5.42. The van der Waals surface area contributed by atoms with Crippen LogP contribution in [0.15, 0.2) is 0 Å². The van der Waals surface area contributed by atoms with Crippen molar-refractivity contribution in [3.8, 4) is 0 Å². The normalized spacial score (nSPS) is 31.8. The summed E-state index contributed by atoms with van der Waals surface area (Å²) in [5, 5.41) is 0. The molecule has 2 atom stereocenters. The zero-order valence-electron chi connectivity index (χ0n) is 11.0. The number of hydrogen-bond acceptors (Lipinski definition) is 2. The number of unbranched alkanes of at least 4 members (excludes halogenated alkanes) is 1. The van der Waals surface area contributed by atoms with E-state index in [1.807, 2.05) is 0 Å². The average molecular weight is 213 g/mol. The van der Waals surface area contributed by atoms with E-state index in [2.05, 4.69) is 39.6 Å². The molecule has 2 unspecified atom stereocenters. The lowest BCUT2D eigenvalue weighted by molar-refractivity contribution is -0.0791. The molecule has 90 valence electrons. The van der Waals surface area contributed by atoms with Gasteiger partial charge in [0, 0.05) is 24.6 Å². The van der Waals surface area contributed by atoms with E-state index in [4.69, 9.17) is 4.74 Å². The number of nitrogens with zero attached hydrogens (tertiary/aromatic N) is 1. The standard InChI is InChI=1S/C13H27NO/c1-6-7-10-15-12-8-9-14(5)13(3,4)11(12)2/h11-12H,6-10H2,1-5H3. The van der Waals surface area contributed by atoms with Crippen molar-refractivity contribution in [1.82, 2.24) is 4.90 Å². The molecule has 0 saturated carbocycles. The highest BCUT2D eigenvalue weighted by molar-refractivity contribution is 4.93. The number of likely N-dealkylation sites (tertiary alicyclic amines) is 1. The largest absolute Gasteiger partial charge is 0.378 e. The van der Waals surface area contributed by atoms with Gasteiger partial charge in [-0.05, 0) is 33.7 Å². The lowest BCUT2D eigenvalue weighted by Crippen LogP contribution is -2.56. The molecule has 2 heteroatoms. The van der Waals surface area contributed by atoms with Crippen LogP contribution < -0.4 is 0 Å². The molecule has 1 aliphatic rings. The van der Waals surface area contributed by atoms with Gasteiger partial charge in [-0.3, -0.25) is 0 Å². The van der Waals surface area contributed by atoms with Crippen LogP contribution >= 0.6 is 0 Å². The van der Waals surface area contributed by atoms with Crippen LogP contribution in [0.2, 0.25) is 0 Å². The zero-order valence-corrected chi connectivity index (χ0v) is 11.0. The molecule has 0 bridgehead atoms. The van der Waals surface area contributed by atoms with E-state index in [9.17, 15) is 0 Å². The maximum Gasteiger partial charge on any atom is 0.0630 e. The summed E-state index contributed by atoms with van der Waals surface area (Å²) in [6, 6.07) is 0. The molecule has 1 rings (SSSR count). The molecule has 0 aromatic carbocycles. The summed E-state index contributed by atoms with van der Waals surface area (Å²) < 4.78 is 5.99. The van der Waals surface area contributed by atoms with Crippen LogP contribution in [-0.2, 0) is 4.74 Å².